The van der Waals surface area contributed by atoms with E-state index in [1.165, 1.54) is 0 Å². The molecule has 0 fully saturated rings. The summed E-state index contributed by atoms with van der Waals surface area (Å²) in [7, 11) is 0. The van der Waals surface area contributed by atoms with E-state index in [-0.39, 0.29) is 12.6 Å². The fourth-order valence-electron chi connectivity index (χ4n) is 0.556. The van der Waals surface area contributed by atoms with Gasteiger partial charge in [-0.25, -0.2) is 0 Å². The number of aliphatic hydroxyl groups is 1. The van der Waals surface area contributed by atoms with Crippen molar-refractivity contribution in [2.45, 2.75) is 25.8 Å². The van der Waals surface area contributed by atoms with Gasteiger partial charge in [-0.15, -0.1) is 0 Å². The van der Waals surface area contributed by atoms with Crippen molar-refractivity contribution < 1.29 is 5.11 Å². The van der Waals surface area contributed by atoms with Gasteiger partial charge in [0.25, 0.3) is 0 Å². The molecular formula is C7H15NO. The maximum atomic E-state index is 8.42. The summed E-state index contributed by atoms with van der Waals surface area (Å²) in [5.41, 5.74) is 5.52. The number of rotatable bonds is 4. The Morgan fingerprint density at radius 3 is 2.78 bits per heavy atom. The minimum absolute atomic E-state index is 0.0370. The van der Waals surface area contributed by atoms with E-state index < -0.39 is 0 Å². The fraction of sp³-hybridized carbons (Fsp3) is 0.714. The Morgan fingerprint density at radius 1 is 1.67 bits per heavy atom. The lowest BCUT2D eigenvalue weighted by Gasteiger charge is -2.00. The summed E-state index contributed by atoms with van der Waals surface area (Å²) < 4.78 is 0. The molecule has 1 atom stereocenters. The Hall–Kier alpha value is -0.340. The fourth-order valence-corrected chi connectivity index (χ4v) is 0.556. The third-order valence-electron chi connectivity index (χ3n) is 1.08. The molecule has 0 bridgehead atoms. The Labute approximate surface area is 56.4 Å². The zero-order chi connectivity index (χ0) is 7.11. The van der Waals surface area contributed by atoms with Crippen molar-refractivity contribution in [3.05, 3.63) is 12.2 Å². The normalized spacial score (nSPS) is 14.6. The van der Waals surface area contributed by atoms with Gasteiger partial charge in [-0.05, 0) is 12.8 Å². The van der Waals surface area contributed by atoms with Crippen molar-refractivity contribution in [1.82, 2.24) is 0 Å². The van der Waals surface area contributed by atoms with Gasteiger partial charge in [-0.3, -0.25) is 0 Å². The van der Waals surface area contributed by atoms with Crippen LogP contribution >= 0.6 is 0 Å². The second-order valence-corrected chi connectivity index (χ2v) is 2.01. The largest absolute Gasteiger partial charge is 0.396 e. The quantitative estimate of drug-likeness (QED) is 0.548. The van der Waals surface area contributed by atoms with Gasteiger partial charge in [-0.2, -0.15) is 0 Å². The SMILES string of the molecule is CC/C=C/C(N)CCO. The number of hydrogen-bond donors (Lipinski definition) is 2. The van der Waals surface area contributed by atoms with Crippen LogP contribution in [0.1, 0.15) is 19.8 Å². The summed E-state index contributed by atoms with van der Waals surface area (Å²) in [5, 5.41) is 8.42. The van der Waals surface area contributed by atoms with E-state index in [9.17, 15) is 0 Å². The van der Waals surface area contributed by atoms with Crippen molar-refractivity contribution in [3.63, 3.8) is 0 Å². The van der Waals surface area contributed by atoms with E-state index in [2.05, 4.69) is 6.92 Å². The predicted octanol–water partition coefficient (Wildman–Crippen LogP) is 0.662. The summed E-state index contributed by atoms with van der Waals surface area (Å²) >= 11 is 0. The lowest BCUT2D eigenvalue weighted by Crippen LogP contribution is -2.17. The second kappa shape index (κ2) is 5.79. The molecule has 0 radical (unpaired) electrons. The molecule has 0 rings (SSSR count). The molecule has 0 aromatic heterocycles. The van der Waals surface area contributed by atoms with Crippen LogP contribution in [0.4, 0.5) is 0 Å². The Kier molecular flexibility index (Phi) is 5.57. The van der Waals surface area contributed by atoms with Crippen LogP contribution in [-0.4, -0.2) is 17.8 Å². The van der Waals surface area contributed by atoms with E-state index >= 15 is 0 Å². The van der Waals surface area contributed by atoms with Crippen molar-refractivity contribution >= 4 is 0 Å². The highest BCUT2D eigenvalue weighted by Gasteiger charge is 1.92. The molecule has 54 valence electrons. The van der Waals surface area contributed by atoms with Gasteiger partial charge < -0.3 is 10.8 Å². The molecule has 0 saturated carbocycles. The van der Waals surface area contributed by atoms with Crippen LogP contribution < -0.4 is 5.73 Å². The molecule has 0 aromatic carbocycles. The third kappa shape index (κ3) is 5.53. The van der Waals surface area contributed by atoms with Crippen LogP contribution in [0.25, 0.3) is 0 Å². The van der Waals surface area contributed by atoms with Gasteiger partial charge in [0.15, 0.2) is 0 Å². The second-order valence-electron chi connectivity index (χ2n) is 2.01. The van der Waals surface area contributed by atoms with Gasteiger partial charge >= 0.3 is 0 Å². The molecule has 0 aliphatic carbocycles. The topological polar surface area (TPSA) is 46.2 Å². The van der Waals surface area contributed by atoms with Gasteiger partial charge in [0.1, 0.15) is 0 Å². The minimum atomic E-state index is 0.0370. The molecule has 0 heterocycles. The Bertz CT molecular complexity index is 81.0. The van der Waals surface area contributed by atoms with E-state index in [4.69, 9.17) is 10.8 Å². The highest BCUT2D eigenvalue weighted by molar-refractivity contribution is 4.90. The van der Waals surface area contributed by atoms with Crippen LogP contribution in [-0.2, 0) is 0 Å². The summed E-state index contributed by atoms with van der Waals surface area (Å²) in [6.45, 7) is 2.23. The van der Waals surface area contributed by atoms with Crippen LogP contribution in [0.3, 0.4) is 0 Å². The number of hydrogen-bond acceptors (Lipinski definition) is 2. The molecule has 0 aliphatic rings. The smallest absolute Gasteiger partial charge is 0.0448 e. The zero-order valence-electron chi connectivity index (χ0n) is 5.88. The molecular weight excluding hydrogens is 114 g/mol. The molecule has 0 amide bonds. The van der Waals surface area contributed by atoms with E-state index in [0.29, 0.717) is 6.42 Å². The molecule has 0 aliphatic heterocycles. The highest BCUT2D eigenvalue weighted by atomic mass is 16.3. The van der Waals surface area contributed by atoms with Gasteiger partial charge in [0.2, 0.25) is 0 Å². The van der Waals surface area contributed by atoms with Crippen molar-refractivity contribution in [2.75, 3.05) is 6.61 Å². The molecule has 0 saturated heterocycles. The van der Waals surface area contributed by atoms with Crippen LogP contribution in [0.15, 0.2) is 12.2 Å². The summed E-state index contributed by atoms with van der Waals surface area (Å²) in [5.74, 6) is 0. The maximum Gasteiger partial charge on any atom is 0.0448 e. The first-order valence-corrected chi connectivity index (χ1v) is 3.34. The lowest BCUT2D eigenvalue weighted by atomic mass is 10.2. The minimum Gasteiger partial charge on any atom is -0.396 e. The lowest BCUT2D eigenvalue weighted by molar-refractivity contribution is 0.283. The number of allylic oxidation sites excluding steroid dienone is 1. The van der Waals surface area contributed by atoms with Crippen LogP contribution in [0, 0.1) is 0 Å². The average Bonchev–Trinajstić information content (AvgIpc) is 1.85. The van der Waals surface area contributed by atoms with Crippen molar-refractivity contribution in [1.29, 1.82) is 0 Å². The van der Waals surface area contributed by atoms with E-state index in [1.807, 2.05) is 12.2 Å². The first kappa shape index (κ1) is 8.66. The molecule has 1 unspecified atom stereocenters. The van der Waals surface area contributed by atoms with Gasteiger partial charge in [0, 0.05) is 12.6 Å². The Balaban J connectivity index is 3.25. The molecule has 3 N–H and O–H groups in total. The van der Waals surface area contributed by atoms with Crippen LogP contribution in [0.2, 0.25) is 0 Å². The molecule has 9 heavy (non-hydrogen) atoms. The number of nitrogens with two attached hydrogens (primary N) is 1. The van der Waals surface area contributed by atoms with E-state index in [1.54, 1.807) is 0 Å². The summed E-state index contributed by atoms with van der Waals surface area (Å²) in [6, 6.07) is 0.0370. The monoisotopic (exact) mass is 129 g/mol. The summed E-state index contributed by atoms with van der Waals surface area (Å²) in [4.78, 5) is 0. The maximum absolute atomic E-state index is 8.42. The number of aliphatic hydroxyl groups excluding tert-OH is 1. The van der Waals surface area contributed by atoms with Crippen molar-refractivity contribution in [3.8, 4) is 0 Å². The third-order valence-corrected chi connectivity index (χ3v) is 1.08. The summed E-state index contributed by atoms with van der Waals surface area (Å²) in [6.07, 6.45) is 5.62. The highest BCUT2D eigenvalue weighted by Crippen LogP contribution is 1.89. The predicted molar refractivity (Wildman–Crippen MR) is 39.1 cm³/mol. The molecule has 2 nitrogen and oxygen atoms in total. The zero-order valence-corrected chi connectivity index (χ0v) is 5.88. The van der Waals surface area contributed by atoms with Gasteiger partial charge in [-0.1, -0.05) is 19.1 Å². The molecule has 0 aromatic rings. The first-order valence-electron chi connectivity index (χ1n) is 3.34. The Morgan fingerprint density at radius 2 is 2.33 bits per heavy atom. The first-order chi connectivity index (χ1) is 4.31. The molecule has 0 spiro atoms. The van der Waals surface area contributed by atoms with E-state index in [0.717, 1.165) is 6.42 Å². The average molecular weight is 129 g/mol. The standard InChI is InChI=1S/C7H15NO/c1-2-3-4-7(8)5-6-9/h3-4,7,9H,2,5-6,8H2,1H3/b4-3+. The van der Waals surface area contributed by atoms with Crippen LogP contribution in [0.5, 0.6) is 0 Å². The van der Waals surface area contributed by atoms with Crippen molar-refractivity contribution in [2.24, 2.45) is 5.73 Å². The van der Waals surface area contributed by atoms with Gasteiger partial charge in [0.05, 0.1) is 0 Å². The molecule has 2 heteroatoms.